The lowest BCUT2D eigenvalue weighted by Gasteiger charge is -2.52. The molecule has 3 atom stereocenters. The highest BCUT2D eigenvalue weighted by Crippen LogP contribution is 2.52. The summed E-state index contributed by atoms with van der Waals surface area (Å²) >= 11 is 6.11. The average molecular weight is 393 g/mol. The van der Waals surface area contributed by atoms with Crippen LogP contribution >= 0.6 is 11.6 Å². The second kappa shape index (κ2) is 6.49. The van der Waals surface area contributed by atoms with Crippen molar-refractivity contribution in [2.45, 2.75) is 56.1 Å². The van der Waals surface area contributed by atoms with E-state index in [1.54, 1.807) is 12.1 Å². The minimum Gasteiger partial charge on any atom is -0.481 e. The Bertz CT molecular complexity index is 822. The first kappa shape index (κ1) is 18.3. The van der Waals surface area contributed by atoms with E-state index >= 15 is 0 Å². The smallest absolute Gasteiger partial charge is 0.412 e. The van der Waals surface area contributed by atoms with Gasteiger partial charge in [-0.05, 0) is 49.3 Å². The molecule has 2 saturated carbocycles. The molecule has 2 aliphatic carbocycles. The van der Waals surface area contributed by atoms with E-state index in [0.29, 0.717) is 23.6 Å². The van der Waals surface area contributed by atoms with Gasteiger partial charge in [0.2, 0.25) is 0 Å². The minimum absolute atomic E-state index is 0.0118. The maximum Gasteiger partial charge on any atom is 0.412 e. The second-order valence-electron chi connectivity index (χ2n) is 7.69. The Morgan fingerprint density at radius 2 is 1.93 bits per heavy atom. The number of anilines is 1. The molecule has 0 spiro atoms. The zero-order valence-corrected chi connectivity index (χ0v) is 15.4. The molecule has 0 radical (unpaired) electrons. The summed E-state index contributed by atoms with van der Waals surface area (Å²) in [6.07, 6.45) is 1.88. The van der Waals surface area contributed by atoms with Crippen LogP contribution in [0.3, 0.4) is 0 Å². The van der Waals surface area contributed by atoms with E-state index in [0.717, 1.165) is 18.4 Å². The quantitative estimate of drug-likeness (QED) is 0.686. The molecule has 1 amide bonds. The van der Waals surface area contributed by atoms with Crippen molar-refractivity contribution in [3.8, 4) is 0 Å². The zero-order chi connectivity index (χ0) is 19.3. The Morgan fingerprint density at radius 1 is 1.19 bits per heavy atom. The van der Waals surface area contributed by atoms with Crippen molar-refractivity contribution in [2.24, 2.45) is 5.92 Å². The molecule has 0 bridgehead atoms. The number of carboxylic acid groups (broad SMARTS) is 2. The molecule has 1 aromatic rings. The number of Topliss-reactive ketones (excluding diaryl/α,β-unsaturated/α-hetero) is 1. The van der Waals surface area contributed by atoms with Crippen LogP contribution in [0.2, 0.25) is 5.02 Å². The van der Waals surface area contributed by atoms with Crippen LogP contribution in [0, 0.1) is 5.92 Å². The molecule has 3 unspecified atom stereocenters. The molecule has 1 heterocycles. The fraction of sp³-hybridized carbons (Fsp3) is 0.526. The molecular formula is C19H21ClN2O5. The maximum atomic E-state index is 12.6. The van der Waals surface area contributed by atoms with Gasteiger partial charge in [0.15, 0.2) is 5.78 Å². The van der Waals surface area contributed by atoms with Gasteiger partial charge in [-0.2, -0.15) is 0 Å². The number of carbonyl (C=O) groups is 3. The molecule has 27 heavy (non-hydrogen) atoms. The maximum absolute atomic E-state index is 12.6. The number of halogens is 1. The molecule has 1 aliphatic heterocycles. The highest BCUT2D eigenvalue weighted by molar-refractivity contribution is 6.31. The lowest BCUT2D eigenvalue weighted by molar-refractivity contribution is -0.139. The van der Waals surface area contributed by atoms with Gasteiger partial charge in [0.05, 0.1) is 17.6 Å². The van der Waals surface area contributed by atoms with Crippen molar-refractivity contribution in [2.75, 3.05) is 4.90 Å². The van der Waals surface area contributed by atoms with Crippen molar-refractivity contribution in [1.82, 2.24) is 5.32 Å². The van der Waals surface area contributed by atoms with Crippen molar-refractivity contribution >= 4 is 35.1 Å². The van der Waals surface area contributed by atoms with E-state index in [9.17, 15) is 19.5 Å². The molecule has 4 rings (SSSR count). The molecular weight excluding hydrogens is 372 g/mol. The summed E-state index contributed by atoms with van der Waals surface area (Å²) < 4.78 is 0. The standard InChI is InChI=1S/C19H21ClN2O5/c20-10-1-2-12-14(9-10)22(18(26)27)13-4-3-11(13)17(12)21-19(7-8-19)15(23)5-6-16(24)25/h1-2,9,11,13,17,21H,3-8H2,(H,24,25)(H,26,27). The fourth-order valence-corrected chi connectivity index (χ4v) is 4.60. The molecule has 7 nitrogen and oxygen atoms in total. The van der Waals surface area contributed by atoms with Gasteiger partial charge in [-0.15, -0.1) is 0 Å². The van der Waals surface area contributed by atoms with E-state index in [-0.39, 0.29) is 36.6 Å². The number of ketones is 1. The van der Waals surface area contributed by atoms with Crippen molar-refractivity contribution in [3.05, 3.63) is 28.8 Å². The Morgan fingerprint density at radius 3 is 2.48 bits per heavy atom. The van der Waals surface area contributed by atoms with E-state index in [4.69, 9.17) is 16.7 Å². The third-order valence-electron chi connectivity index (χ3n) is 6.12. The number of carboxylic acids is 1. The highest BCUT2D eigenvalue weighted by atomic mass is 35.5. The number of hydrogen-bond acceptors (Lipinski definition) is 4. The Kier molecular flexibility index (Phi) is 4.39. The highest BCUT2D eigenvalue weighted by Gasteiger charge is 2.55. The van der Waals surface area contributed by atoms with Gasteiger partial charge in [0.25, 0.3) is 0 Å². The zero-order valence-electron chi connectivity index (χ0n) is 14.7. The summed E-state index contributed by atoms with van der Waals surface area (Å²) in [7, 11) is 0. The first-order chi connectivity index (χ1) is 12.8. The van der Waals surface area contributed by atoms with Crippen LogP contribution in [0.4, 0.5) is 10.5 Å². The van der Waals surface area contributed by atoms with Crippen LogP contribution in [0.1, 0.15) is 50.1 Å². The second-order valence-corrected chi connectivity index (χ2v) is 8.12. The number of fused-ring (bicyclic) bond motifs is 2. The van der Waals surface area contributed by atoms with Crippen LogP contribution in [-0.4, -0.2) is 39.6 Å². The normalized spacial score (nSPS) is 27.1. The number of amides is 1. The van der Waals surface area contributed by atoms with E-state index in [1.165, 1.54) is 4.90 Å². The SMILES string of the molecule is O=C(O)CCC(=O)C1(NC2c3ccc(Cl)cc3N(C(=O)O)C3CCC23)CC1. The van der Waals surface area contributed by atoms with E-state index in [2.05, 4.69) is 5.32 Å². The van der Waals surface area contributed by atoms with Gasteiger partial charge in [-0.25, -0.2) is 4.79 Å². The number of nitrogens with one attached hydrogen (secondary N) is 1. The molecule has 8 heteroatoms. The third-order valence-corrected chi connectivity index (χ3v) is 6.36. The Hall–Kier alpha value is -2.12. The minimum atomic E-state index is -0.995. The molecule has 0 saturated heterocycles. The molecule has 3 N–H and O–H groups in total. The monoisotopic (exact) mass is 392 g/mol. The summed E-state index contributed by atoms with van der Waals surface area (Å²) in [4.78, 5) is 36.6. The lowest BCUT2D eigenvalue weighted by Crippen LogP contribution is -2.59. The van der Waals surface area contributed by atoms with Gasteiger partial charge in [0, 0.05) is 23.5 Å². The predicted molar refractivity (Wildman–Crippen MR) is 98.2 cm³/mol. The topological polar surface area (TPSA) is 107 Å². The van der Waals surface area contributed by atoms with Gasteiger partial charge in [0.1, 0.15) is 0 Å². The summed E-state index contributed by atoms with van der Waals surface area (Å²) in [6.45, 7) is 0. The number of rotatable bonds is 6. The van der Waals surface area contributed by atoms with Crippen LogP contribution in [0.25, 0.3) is 0 Å². The average Bonchev–Trinajstić information content (AvgIpc) is 3.35. The van der Waals surface area contributed by atoms with E-state index in [1.807, 2.05) is 6.07 Å². The molecule has 1 aromatic carbocycles. The summed E-state index contributed by atoms with van der Waals surface area (Å²) in [5.41, 5.74) is 0.727. The number of carbonyl (C=O) groups excluding carboxylic acids is 1. The van der Waals surface area contributed by atoms with Gasteiger partial charge in [-0.3, -0.25) is 19.8 Å². The van der Waals surface area contributed by atoms with Crippen LogP contribution in [0.15, 0.2) is 18.2 Å². The molecule has 144 valence electrons. The Labute approximate surface area is 161 Å². The van der Waals surface area contributed by atoms with Crippen LogP contribution in [-0.2, 0) is 9.59 Å². The molecule has 2 fully saturated rings. The lowest BCUT2D eigenvalue weighted by atomic mass is 9.68. The largest absolute Gasteiger partial charge is 0.481 e. The fourth-order valence-electron chi connectivity index (χ4n) is 4.43. The number of nitrogens with zero attached hydrogens (tertiary/aromatic N) is 1. The number of benzene rings is 1. The summed E-state index contributed by atoms with van der Waals surface area (Å²) in [5, 5.41) is 22.5. The van der Waals surface area contributed by atoms with Crippen molar-refractivity contribution in [1.29, 1.82) is 0 Å². The van der Waals surface area contributed by atoms with E-state index < -0.39 is 17.6 Å². The summed E-state index contributed by atoms with van der Waals surface area (Å²) in [6, 6.07) is 4.97. The van der Waals surface area contributed by atoms with Crippen LogP contribution < -0.4 is 10.2 Å². The first-order valence-electron chi connectivity index (χ1n) is 9.17. The van der Waals surface area contributed by atoms with Crippen molar-refractivity contribution < 1.29 is 24.6 Å². The number of hydrogen-bond donors (Lipinski definition) is 3. The first-order valence-corrected chi connectivity index (χ1v) is 9.54. The van der Waals surface area contributed by atoms with Gasteiger partial charge >= 0.3 is 12.1 Å². The molecule has 0 aromatic heterocycles. The van der Waals surface area contributed by atoms with Crippen molar-refractivity contribution in [3.63, 3.8) is 0 Å². The number of aliphatic carboxylic acids is 1. The third kappa shape index (κ3) is 3.08. The van der Waals surface area contributed by atoms with Gasteiger partial charge in [-0.1, -0.05) is 17.7 Å². The van der Waals surface area contributed by atoms with Crippen LogP contribution in [0.5, 0.6) is 0 Å². The van der Waals surface area contributed by atoms with Gasteiger partial charge < -0.3 is 10.2 Å². The Balaban J connectivity index is 1.63. The molecule has 3 aliphatic rings. The summed E-state index contributed by atoms with van der Waals surface area (Å²) in [5.74, 6) is -0.954. The predicted octanol–water partition coefficient (Wildman–Crippen LogP) is 3.21.